The van der Waals surface area contributed by atoms with E-state index in [9.17, 15) is 9.59 Å². The van der Waals surface area contributed by atoms with Crippen LogP contribution in [0.4, 0.5) is 11.4 Å². The average Bonchev–Trinajstić information content (AvgIpc) is 2.85. The molecule has 0 spiro atoms. The number of hydrogen-bond acceptors (Lipinski definition) is 5. The molecule has 184 valence electrons. The lowest BCUT2D eigenvalue weighted by Crippen LogP contribution is -2.41. The van der Waals surface area contributed by atoms with Gasteiger partial charge in [-0.1, -0.05) is 31.9 Å². The van der Waals surface area contributed by atoms with E-state index in [0.29, 0.717) is 23.4 Å². The van der Waals surface area contributed by atoms with Crippen LogP contribution in [0.3, 0.4) is 0 Å². The summed E-state index contributed by atoms with van der Waals surface area (Å²) in [5.74, 6) is -0.333. The Bertz CT molecular complexity index is 937. The van der Waals surface area contributed by atoms with Crippen molar-refractivity contribution in [3.8, 4) is 0 Å². The second-order valence-corrected chi connectivity index (χ2v) is 8.94. The molecule has 1 saturated heterocycles. The summed E-state index contributed by atoms with van der Waals surface area (Å²) in [7, 11) is 3.81. The molecule has 1 heterocycles. The Hall–Kier alpha value is -2.90. The minimum atomic E-state index is -0.184. The second kappa shape index (κ2) is 13.1. The van der Waals surface area contributed by atoms with E-state index in [2.05, 4.69) is 22.5 Å². The number of amides is 2. The van der Waals surface area contributed by atoms with Gasteiger partial charge in [0.25, 0.3) is 11.8 Å². The Morgan fingerprint density at radius 3 is 2.41 bits per heavy atom. The Labute approximate surface area is 203 Å². The van der Waals surface area contributed by atoms with Crippen LogP contribution in [0, 0.1) is 0 Å². The lowest BCUT2D eigenvalue weighted by Gasteiger charge is -2.26. The summed E-state index contributed by atoms with van der Waals surface area (Å²) >= 11 is 0. The Balaban J connectivity index is 1.62. The summed E-state index contributed by atoms with van der Waals surface area (Å²) in [6.45, 7) is 6.80. The number of aryl methyl sites for hydroxylation is 1. The molecule has 0 bridgehead atoms. The van der Waals surface area contributed by atoms with Gasteiger partial charge in [0.1, 0.15) is 0 Å². The van der Waals surface area contributed by atoms with Crippen molar-refractivity contribution in [2.75, 3.05) is 63.7 Å². The molecule has 2 amide bonds. The lowest BCUT2D eigenvalue weighted by molar-refractivity contribution is 0.0383. The molecule has 1 aliphatic rings. The third-order valence-corrected chi connectivity index (χ3v) is 6.08. The average molecular weight is 467 g/mol. The van der Waals surface area contributed by atoms with Crippen LogP contribution < -0.4 is 15.5 Å². The number of carbonyl (C=O) groups is 2. The number of unbranched alkanes of at least 4 members (excludes halogenated alkanes) is 2. The maximum absolute atomic E-state index is 13.0. The molecule has 7 heteroatoms. The first-order chi connectivity index (χ1) is 16.5. The number of nitrogens with zero attached hydrogens (tertiary/aromatic N) is 2. The maximum atomic E-state index is 13.0. The Kier molecular flexibility index (Phi) is 9.91. The summed E-state index contributed by atoms with van der Waals surface area (Å²) in [4.78, 5) is 29.9. The molecular formula is C27H38N4O3. The highest BCUT2D eigenvalue weighted by atomic mass is 16.5. The minimum absolute atomic E-state index is 0.149. The summed E-state index contributed by atoms with van der Waals surface area (Å²) in [6, 6.07) is 13.2. The monoisotopic (exact) mass is 466 g/mol. The van der Waals surface area contributed by atoms with Crippen LogP contribution in [0.5, 0.6) is 0 Å². The minimum Gasteiger partial charge on any atom is -0.379 e. The predicted octanol–water partition coefficient (Wildman–Crippen LogP) is 3.80. The van der Waals surface area contributed by atoms with E-state index in [0.717, 1.165) is 51.4 Å². The molecule has 0 atom stereocenters. The highest BCUT2D eigenvalue weighted by Gasteiger charge is 2.16. The van der Waals surface area contributed by atoms with Crippen molar-refractivity contribution in [3.05, 3.63) is 59.2 Å². The van der Waals surface area contributed by atoms with Crippen LogP contribution in [0.1, 0.15) is 52.5 Å². The molecule has 34 heavy (non-hydrogen) atoms. The molecule has 3 rings (SSSR count). The van der Waals surface area contributed by atoms with E-state index in [4.69, 9.17) is 4.74 Å². The third-order valence-electron chi connectivity index (χ3n) is 6.08. The SMILES string of the molecule is CCCCCc1ccc(C(=O)Nc2ccc(N(C)C)c(C(=O)NCCN3CCOCC3)c2)cc1. The fourth-order valence-electron chi connectivity index (χ4n) is 4.04. The zero-order chi connectivity index (χ0) is 24.3. The van der Waals surface area contributed by atoms with Gasteiger partial charge in [0.2, 0.25) is 0 Å². The molecule has 2 aromatic rings. The first-order valence-corrected chi connectivity index (χ1v) is 12.3. The van der Waals surface area contributed by atoms with E-state index in [-0.39, 0.29) is 11.8 Å². The second-order valence-electron chi connectivity index (χ2n) is 8.94. The lowest BCUT2D eigenvalue weighted by atomic mass is 10.0. The Morgan fingerprint density at radius 2 is 1.74 bits per heavy atom. The van der Waals surface area contributed by atoms with Gasteiger partial charge < -0.3 is 20.3 Å². The number of nitrogens with one attached hydrogen (secondary N) is 2. The van der Waals surface area contributed by atoms with Crippen molar-refractivity contribution >= 4 is 23.2 Å². The number of hydrogen-bond donors (Lipinski definition) is 2. The van der Waals surface area contributed by atoms with Crippen LogP contribution in [0.25, 0.3) is 0 Å². The molecule has 0 aromatic heterocycles. The van der Waals surface area contributed by atoms with Gasteiger partial charge in [-0.05, 0) is 48.7 Å². The number of morpholine rings is 1. The van der Waals surface area contributed by atoms with E-state index in [1.54, 1.807) is 6.07 Å². The van der Waals surface area contributed by atoms with Crippen molar-refractivity contribution in [2.24, 2.45) is 0 Å². The van der Waals surface area contributed by atoms with Crippen LogP contribution in [0.15, 0.2) is 42.5 Å². The number of ether oxygens (including phenoxy) is 1. The maximum Gasteiger partial charge on any atom is 0.255 e. The fourth-order valence-corrected chi connectivity index (χ4v) is 4.04. The van der Waals surface area contributed by atoms with Gasteiger partial charge in [0, 0.05) is 57.2 Å². The van der Waals surface area contributed by atoms with E-state index < -0.39 is 0 Å². The zero-order valence-corrected chi connectivity index (χ0v) is 20.7. The number of rotatable bonds is 11. The molecule has 7 nitrogen and oxygen atoms in total. The number of carbonyl (C=O) groups excluding carboxylic acids is 2. The Morgan fingerprint density at radius 1 is 1.00 bits per heavy atom. The molecule has 2 aromatic carbocycles. The normalized spacial score (nSPS) is 14.0. The smallest absolute Gasteiger partial charge is 0.255 e. The molecule has 0 unspecified atom stereocenters. The molecule has 2 N–H and O–H groups in total. The first kappa shape index (κ1) is 25.7. The summed E-state index contributed by atoms with van der Waals surface area (Å²) in [5.41, 5.74) is 3.79. The summed E-state index contributed by atoms with van der Waals surface area (Å²) < 4.78 is 5.37. The van der Waals surface area contributed by atoms with Crippen LogP contribution in [0.2, 0.25) is 0 Å². The van der Waals surface area contributed by atoms with Gasteiger partial charge in [0.05, 0.1) is 18.8 Å². The summed E-state index contributed by atoms with van der Waals surface area (Å²) in [5, 5.41) is 5.96. The van der Waals surface area contributed by atoms with Crippen molar-refractivity contribution in [3.63, 3.8) is 0 Å². The molecule has 1 aliphatic heterocycles. The van der Waals surface area contributed by atoms with E-state index in [1.807, 2.05) is 55.4 Å². The summed E-state index contributed by atoms with van der Waals surface area (Å²) in [6.07, 6.45) is 4.61. The van der Waals surface area contributed by atoms with E-state index >= 15 is 0 Å². The quantitative estimate of drug-likeness (QED) is 0.493. The molecule has 0 aliphatic carbocycles. The third kappa shape index (κ3) is 7.57. The van der Waals surface area contributed by atoms with Gasteiger partial charge in [-0.25, -0.2) is 0 Å². The molecule has 0 radical (unpaired) electrons. The van der Waals surface area contributed by atoms with Crippen LogP contribution in [-0.2, 0) is 11.2 Å². The van der Waals surface area contributed by atoms with Crippen LogP contribution in [-0.4, -0.2) is 70.2 Å². The first-order valence-electron chi connectivity index (χ1n) is 12.3. The standard InChI is InChI=1S/C27H38N4O3/c1-4-5-6-7-21-8-10-22(11-9-21)26(32)29-23-12-13-25(30(2)3)24(20-23)27(33)28-14-15-31-16-18-34-19-17-31/h8-13,20H,4-7,14-19H2,1-3H3,(H,28,33)(H,29,32). The van der Waals surface area contributed by atoms with Crippen molar-refractivity contribution in [1.29, 1.82) is 0 Å². The van der Waals surface area contributed by atoms with E-state index in [1.165, 1.54) is 18.4 Å². The molecule has 0 saturated carbocycles. The fraction of sp³-hybridized carbons (Fsp3) is 0.481. The largest absolute Gasteiger partial charge is 0.379 e. The van der Waals surface area contributed by atoms with Gasteiger partial charge in [-0.15, -0.1) is 0 Å². The topological polar surface area (TPSA) is 73.9 Å². The van der Waals surface area contributed by atoms with Crippen molar-refractivity contribution in [1.82, 2.24) is 10.2 Å². The zero-order valence-electron chi connectivity index (χ0n) is 20.7. The highest BCUT2D eigenvalue weighted by Crippen LogP contribution is 2.23. The number of benzene rings is 2. The highest BCUT2D eigenvalue weighted by molar-refractivity contribution is 6.06. The van der Waals surface area contributed by atoms with Gasteiger partial charge >= 0.3 is 0 Å². The van der Waals surface area contributed by atoms with Crippen molar-refractivity contribution in [2.45, 2.75) is 32.6 Å². The molecular weight excluding hydrogens is 428 g/mol. The van der Waals surface area contributed by atoms with Gasteiger partial charge in [-0.2, -0.15) is 0 Å². The van der Waals surface area contributed by atoms with Gasteiger partial charge in [0.15, 0.2) is 0 Å². The number of anilines is 2. The van der Waals surface area contributed by atoms with Crippen LogP contribution >= 0.6 is 0 Å². The van der Waals surface area contributed by atoms with Crippen molar-refractivity contribution < 1.29 is 14.3 Å². The molecule has 1 fully saturated rings. The van der Waals surface area contributed by atoms with Gasteiger partial charge in [-0.3, -0.25) is 14.5 Å². The predicted molar refractivity (Wildman–Crippen MR) is 138 cm³/mol.